The van der Waals surface area contributed by atoms with Crippen LogP contribution in [0.25, 0.3) is 22.1 Å². The van der Waals surface area contributed by atoms with Gasteiger partial charge in [0.05, 0.1) is 23.1 Å². The van der Waals surface area contributed by atoms with Gasteiger partial charge in [0, 0.05) is 6.07 Å². The van der Waals surface area contributed by atoms with Crippen molar-refractivity contribution in [3.8, 4) is 5.75 Å². The molecule has 1 heterocycles. The first-order valence-corrected chi connectivity index (χ1v) is 5.58. The number of rotatable bonds is 2. The molecule has 0 saturated carbocycles. The van der Waals surface area contributed by atoms with Crippen molar-refractivity contribution in [2.45, 2.75) is 0 Å². The predicted molar refractivity (Wildman–Crippen MR) is 70.3 cm³/mol. The number of aromatic nitrogens is 2. The highest BCUT2D eigenvalue weighted by atomic mass is 16.6. The van der Waals surface area contributed by atoms with Crippen LogP contribution in [0.15, 0.2) is 36.4 Å². The molecule has 6 nitrogen and oxygen atoms in total. The fraction of sp³-hybridized carbons (Fsp3) is 0.0769. The number of hydrogen-bond acceptors (Lipinski definition) is 5. The Morgan fingerprint density at radius 3 is 2.26 bits per heavy atom. The molecule has 0 saturated heterocycles. The molecule has 3 rings (SSSR count). The van der Waals surface area contributed by atoms with Gasteiger partial charge >= 0.3 is 0 Å². The highest BCUT2D eigenvalue weighted by Gasteiger charge is 2.18. The number of nitrogens with zero attached hydrogens (tertiary/aromatic N) is 3. The molecule has 6 heteroatoms. The van der Waals surface area contributed by atoms with Crippen LogP contribution in [-0.2, 0) is 0 Å². The fourth-order valence-electron chi connectivity index (χ4n) is 1.97. The number of ether oxygens (including phenoxy) is 1. The Balaban J connectivity index is 2.49. The van der Waals surface area contributed by atoms with Gasteiger partial charge in [-0.1, -0.05) is 12.1 Å². The third-order valence-electron chi connectivity index (χ3n) is 2.86. The molecule has 0 bridgehead atoms. The lowest BCUT2D eigenvalue weighted by atomic mass is 10.2. The van der Waals surface area contributed by atoms with Crippen LogP contribution < -0.4 is 4.74 Å². The Labute approximate surface area is 107 Å². The second kappa shape index (κ2) is 4.16. The third kappa shape index (κ3) is 1.74. The number of nitro groups is 1. The van der Waals surface area contributed by atoms with Gasteiger partial charge in [-0.2, -0.15) is 0 Å². The average Bonchev–Trinajstić information content (AvgIpc) is 2.43. The van der Waals surface area contributed by atoms with Crippen molar-refractivity contribution in [3.05, 3.63) is 46.5 Å². The van der Waals surface area contributed by atoms with E-state index in [2.05, 4.69) is 9.97 Å². The van der Waals surface area contributed by atoms with E-state index in [9.17, 15) is 10.1 Å². The summed E-state index contributed by atoms with van der Waals surface area (Å²) >= 11 is 0. The highest BCUT2D eigenvalue weighted by Crippen LogP contribution is 2.31. The van der Waals surface area contributed by atoms with Crippen molar-refractivity contribution in [2.75, 3.05) is 7.11 Å². The number of nitro benzene ring substituents is 1. The molecule has 0 spiro atoms. The normalized spacial score (nSPS) is 10.8. The Hall–Kier alpha value is -2.76. The first-order chi connectivity index (χ1) is 9.20. The zero-order valence-corrected chi connectivity index (χ0v) is 10.0. The van der Waals surface area contributed by atoms with Gasteiger partial charge in [0.15, 0.2) is 5.52 Å². The van der Waals surface area contributed by atoms with E-state index in [1.807, 2.05) is 12.1 Å². The molecule has 0 atom stereocenters. The smallest absolute Gasteiger partial charge is 0.297 e. The van der Waals surface area contributed by atoms with Gasteiger partial charge < -0.3 is 4.74 Å². The first kappa shape index (κ1) is 11.3. The van der Waals surface area contributed by atoms with Crippen LogP contribution in [0.5, 0.6) is 5.75 Å². The summed E-state index contributed by atoms with van der Waals surface area (Å²) in [6.45, 7) is 0. The number of benzene rings is 2. The maximum Gasteiger partial charge on any atom is 0.297 e. The number of para-hydroxylation sites is 2. The van der Waals surface area contributed by atoms with Crippen molar-refractivity contribution in [3.63, 3.8) is 0 Å². The Kier molecular flexibility index (Phi) is 2.49. The van der Waals surface area contributed by atoms with Gasteiger partial charge in [0.1, 0.15) is 11.3 Å². The summed E-state index contributed by atoms with van der Waals surface area (Å²) in [6.07, 6.45) is 0. The second-order valence-corrected chi connectivity index (χ2v) is 3.95. The van der Waals surface area contributed by atoms with E-state index in [0.717, 1.165) is 0 Å². The Morgan fingerprint density at radius 2 is 1.68 bits per heavy atom. The molecule has 0 N–H and O–H groups in total. The van der Waals surface area contributed by atoms with Crippen molar-refractivity contribution >= 4 is 27.8 Å². The van der Waals surface area contributed by atoms with E-state index in [-0.39, 0.29) is 11.2 Å². The zero-order valence-electron chi connectivity index (χ0n) is 10.0. The molecular weight excluding hydrogens is 246 g/mol. The molecule has 3 aromatic rings. The standard InChI is InChI=1S/C13H9N3O3/c1-19-11-7-6-10(16(17)18)12-13(11)15-9-5-3-2-4-8(9)14-12/h2-7H,1H3. The summed E-state index contributed by atoms with van der Waals surface area (Å²) in [5.41, 5.74) is 1.85. The van der Waals surface area contributed by atoms with Gasteiger partial charge in [-0.3, -0.25) is 10.1 Å². The van der Waals surface area contributed by atoms with Gasteiger partial charge in [-0.05, 0) is 18.2 Å². The first-order valence-electron chi connectivity index (χ1n) is 5.58. The maximum atomic E-state index is 11.0. The quantitative estimate of drug-likeness (QED) is 0.399. The highest BCUT2D eigenvalue weighted by molar-refractivity contribution is 5.94. The van der Waals surface area contributed by atoms with Gasteiger partial charge in [-0.15, -0.1) is 0 Å². The minimum absolute atomic E-state index is 0.0750. The Bertz CT molecular complexity index is 802. The largest absolute Gasteiger partial charge is 0.494 e. The van der Waals surface area contributed by atoms with E-state index in [0.29, 0.717) is 22.3 Å². The van der Waals surface area contributed by atoms with E-state index in [1.165, 1.54) is 19.2 Å². The van der Waals surface area contributed by atoms with Gasteiger partial charge in [0.2, 0.25) is 0 Å². The molecule has 0 radical (unpaired) electrons. The van der Waals surface area contributed by atoms with Crippen molar-refractivity contribution in [1.29, 1.82) is 0 Å². The molecule has 2 aromatic carbocycles. The molecule has 0 aliphatic carbocycles. The third-order valence-corrected chi connectivity index (χ3v) is 2.86. The second-order valence-electron chi connectivity index (χ2n) is 3.95. The predicted octanol–water partition coefficient (Wildman–Crippen LogP) is 2.70. The van der Waals surface area contributed by atoms with Crippen LogP contribution in [0.4, 0.5) is 5.69 Å². The van der Waals surface area contributed by atoms with Crippen LogP contribution in [0, 0.1) is 10.1 Å². The van der Waals surface area contributed by atoms with Crippen LogP contribution >= 0.6 is 0 Å². The SMILES string of the molecule is COc1ccc([N+](=O)[O-])c2nc3ccccc3nc12. The summed E-state index contributed by atoms with van der Waals surface area (Å²) in [6, 6.07) is 10.1. The average molecular weight is 255 g/mol. The van der Waals surface area contributed by atoms with E-state index < -0.39 is 4.92 Å². The summed E-state index contributed by atoms with van der Waals surface area (Å²) in [5.74, 6) is 0.471. The zero-order chi connectivity index (χ0) is 13.4. The molecule has 0 aliphatic rings. The van der Waals surface area contributed by atoms with Crippen LogP contribution in [0.3, 0.4) is 0 Å². The van der Waals surface area contributed by atoms with Crippen molar-refractivity contribution < 1.29 is 9.66 Å². The minimum Gasteiger partial charge on any atom is -0.494 e. The molecule has 0 amide bonds. The molecule has 0 unspecified atom stereocenters. The molecule has 0 fully saturated rings. The van der Waals surface area contributed by atoms with Crippen molar-refractivity contribution in [1.82, 2.24) is 9.97 Å². The summed E-state index contributed by atoms with van der Waals surface area (Å²) in [4.78, 5) is 19.3. The molecule has 19 heavy (non-hydrogen) atoms. The van der Waals surface area contributed by atoms with Crippen LogP contribution in [-0.4, -0.2) is 22.0 Å². The lowest BCUT2D eigenvalue weighted by molar-refractivity contribution is -0.383. The molecular formula is C13H9N3O3. The van der Waals surface area contributed by atoms with E-state index >= 15 is 0 Å². The molecule has 1 aromatic heterocycles. The number of hydrogen-bond donors (Lipinski definition) is 0. The maximum absolute atomic E-state index is 11.0. The summed E-state index contributed by atoms with van der Waals surface area (Å²) in [7, 11) is 1.50. The Morgan fingerprint density at radius 1 is 1.05 bits per heavy atom. The van der Waals surface area contributed by atoms with Gasteiger partial charge in [-0.25, -0.2) is 9.97 Å². The van der Waals surface area contributed by atoms with Crippen LogP contribution in [0.2, 0.25) is 0 Å². The molecule has 94 valence electrons. The molecule has 0 aliphatic heterocycles. The number of non-ortho nitro benzene ring substituents is 1. The van der Waals surface area contributed by atoms with E-state index in [4.69, 9.17) is 4.74 Å². The number of methoxy groups -OCH3 is 1. The minimum atomic E-state index is -0.467. The van der Waals surface area contributed by atoms with Crippen LogP contribution in [0.1, 0.15) is 0 Å². The number of fused-ring (bicyclic) bond motifs is 2. The lowest BCUT2D eigenvalue weighted by Gasteiger charge is -2.06. The summed E-state index contributed by atoms with van der Waals surface area (Å²) in [5, 5.41) is 11.0. The van der Waals surface area contributed by atoms with Gasteiger partial charge in [0.25, 0.3) is 5.69 Å². The summed E-state index contributed by atoms with van der Waals surface area (Å²) < 4.78 is 5.19. The topological polar surface area (TPSA) is 78.2 Å². The van der Waals surface area contributed by atoms with E-state index in [1.54, 1.807) is 12.1 Å². The fourth-order valence-corrected chi connectivity index (χ4v) is 1.97. The van der Waals surface area contributed by atoms with Crippen molar-refractivity contribution in [2.24, 2.45) is 0 Å². The monoisotopic (exact) mass is 255 g/mol. The lowest BCUT2D eigenvalue weighted by Crippen LogP contribution is -1.96.